The fourth-order valence-corrected chi connectivity index (χ4v) is 7.47. The zero-order valence-corrected chi connectivity index (χ0v) is 29.5. The molecule has 47 heavy (non-hydrogen) atoms. The number of aromatic nitrogens is 2. The number of phenolic OH excluding ortho intramolecular Hbond substituents is 1. The number of rotatable bonds is 8. The lowest BCUT2D eigenvalue weighted by Crippen LogP contribution is -2.37. The van der Waals surface area contributed by atoms with E-state index in [1.807, 2.05) is 24.4 Å². The predicted octanol–water partition coefficient (Wildman–Crippen LogP) is 11.3. The number of hydrogen-bond acceptors (Lipinski definition) is 3. The van der Waals surface area contributed by atoms with Gasteiger partial charge in [0.15, 0.2) is 0 Å². The van der Waals surface area contributed by atoms with Crippen LogP contribution in [0.4, 0.5) is 0 Å². The van der Waals surface area contributed by atoms with Crippen molar-refractivity contribution >= 4 is 13.3 Å². The quantitative estimate of drug-likeness (QED) is 0.170. The number of hydrogen-bond donors (Lipinski definition) is 1. The third-order valence-electron chi connectivity index (χ3n) is 8.97. The van der Waals surface area contributed by atoms with Crippen LogP contribution in [-0.2, 0) is 0 Å². The summed E-state index contributed by atoms with van der Waals surface area (Å²) in [7, 11) is -1.36. The van der Waals surface area contributed by atoms with Gasteiger partial charge in [-0.3, -0.25) is 4.98 Å². The van der Waals surface area contributed by atoms with E-state index in [-0.39, 0.29) is 5.75 Å². The van der Waals surface area contributed by atoms with Crippen LogP contribution in [0.25, 0.3) is 56.0 Å². The first-order valence-corrected chi connectivity index (χ1v) is 20.1. The summed E-state index contributed by atoms with van der Waals surface area (Å²) >= 11 is 0. The molecule has 236 valence electrons. The van der Waals surface area contributed by atoms with Crippen molar-refractivity contribution in [3.63, 3.8) is 0 Å². The second-order valence-electron chi connectivity index (χ2n) is 14.1. The van der Waals surface area contributed by atoms with Gasteiger partial charge in [0.25, 0.3) is 0 Å². The van der Waals surface area contributed by atoms with Crippen LogP contribution < -0.4 is 5.19 Å². The normalized spacial score (nSPS) is 11.8. The average molecular weight is 633 g/mol. The van der Waals surface area contributed by atoms with E-state index in [0.717, 1.165) is 44.9 Å². The summed E-state index contributed by atoms with van der Waals surface area (Å²) in [6.07, 6.45) is 1.90. The fraction of sp³-hybridized carbons (Fsp3) is 0.209. The maximum Gasteiger partial charge on any atom is 0.124 e. The lowest BCUT2D eigenvalue weighted by Gasteiger charge is -2.21. The highest BCUT2D eigenvalue weighted by Crippen LogP contribution is 2.40. The molecular weight excluding hydrogens is 589 g/mol. The minimum Gasteiger partial charge on any atom is -0.507 e. The molecule has 6 rings (SSSR count). The van der Waals surface area contributed by atoms with Crippen LogP contribution in [-0.4, -0.2) is 23.1 Å². The smallest absolute Gasteiger partial charge is 0.124 e. The topological polar surface area (TPSA) is 46.0 Å². The Hall–Kier alpha value is -4.80. The van der Waals surface area contributed by atoms with Gasteiger partial charge in [-0.1, -0.05) is 125 Å². The van der Waals surface area contributed by atoms with Crippen molar-refractivity contribution in [1.82, 2.24) is 9.97 Å². The third kappa shape index (κ3) is 6.84. The number of pyridine rings is 2. The highest BCUT2D eigenvalue weighted by Gasteiger charge is 2.19. The Morgan fingerprint density at radius 2 is 1.13 bits per heavy atom. The zero-order valence-electron chi connectivity index (χ0n) is 28.5. The van der Waals surface area contributed by atoms with E-state index < -0.39 is 8.07 Å². The highest BCUT2D eigenvalue weighted by atomic mass is 28.3. The molecule has 0 aliphatic rings. The van der Waals surface area contributed by atoms with Gasteiger partial charge in [0, 0.05) is 22.9 Å². The molecule has 0 amide bonds. The van der Waals surface area contributed by atoms with E-state index in [9.17, 15) is 5.11 Å². The van der Waals surface area contributed by atoms with Gasteiger partial charge in [-0.15, -0.1) is 0 Å². The predicted molar refractivity (Wildman–Crippen MR) is 202 cm³/mol. The fourth-order valence-electron chi connectivity index (χ4n) is 6.30. The number of phenols is 1. The summed E-state index contributed by atoms with van der Waals surface area (Å²) < 4.78 is 0. The van der Waals surface area contributed by atoms with E-state index in [1.165, 1.54) is 27.4 Å². The molecule has 6 aromatic rings. The molecule has 0 atom stereocenters. The van der Waals surface area contributed by atoms with Crippen molar-refractivity contribution in [1.29, 1.82) is 0 Å². The lowest BCUT2D eigenvalue weighted by molar-refractivity contribution is 0.477. The van der Waals surface area contributed by atoms with Gasteiger partial charge in [0.1, 0.15) is 5.75 Å². The minimum atomic E-state index is -1.36. The molecule has 0 fully saturated rings. The SMILES string of the molecule is CC(C)c1cccc(C(C)C)c1-c1cc(-c2cccc(-c3cc(-c4ccc([Si](C)(C)C)cc4)ccn3)c2)nc(-c2ccccc2O)c1. The van der Waals surface area contributed by atoms with Crippen molar-refractivity contribution in [2.24, 2.45) is 0 Å². The van der Waals surface area contributed by atoms with Crippen molar-refractivity contribution < 1.29 is 5.11 Å². The van der Waals surface area contributed by atoms with Gasteiger partial charge < -0.3 is 5.11 Å². The Labute approximate surface area is 281 Å². The molecule has 0 radical (unpaired) electrons. The van der Waals surface area contributed by atoms with Crippen molar-refractivity contribution in [2.75, 3.05) is 0 Å². The highest BCUT2D eigenvalue weighted by molar-refractivity contribution is 6.88. The number of benzene rings is 4. The van der Waals surface area contributed by atoms with Crippen LogP contribution >= 0.6 is 0 Å². The Morgan fingerprint density at radius 1 is 0.532 bits per heavy atom. The molecule has 4 aromatic carbocycles. The largest absolute Gasteiger partial charge is 0.507 e. The Morgan fingerprint density at radius 3 is 1.77 bits per heavy atom. The molecule has 2 heterocycles. The Kier molecular flexibility index (Phi) is 8.98. The average Bonchev–Trinajstić information content (AvgIpc) is 3.07. The second kappa shape index (κ2) is 13.1. The van der Waals surface area contributed by atoms with Crippen LogP contribution in [0.2, 0.25) is 19.6 Å². The zero-order chi connectivity index (χ0) is 33.3. The van der Waals surface area contributed by atoms with Gasteiger partial charge in [-0.25, -0.2) is 4.98 Å². The molecule has 0 aliphatic heterocycles. The first-order chi connectivity index (χ1) is 22.5. The number of para-hydroxylation sites is 1. The molecule has 0 aliphatic carbocycles. The van der Waals surface area contributed by atoms with E-state index in [0.29, 0.717) is 11.8 Å². The molecule has 1 N–H and O–H groups in total. The molecule has 4 heteroatoms. The standard InChI is InChI=1S/C43H44N2OSi/c1-28(2)36-15-11-16-37(29(3)4)43(36)34-26-40(45-41(27-34)38-14-8-9-17-42(38)46)33-13-10-12-32(24-33)39-25-31(22-23-44-39)30-18-20-35(21-19-30)47(5,6)7/h8-29,46H,1-7H3. The van der Waals surface area contributed by atoms with Gasteiger partial charge in [0.2, 0.25) is 0 Å². The Bertz CT molecular complexity index is 2010. The van der Waals surface area contributed by atoms with Crippen LogP contribution in [0.15, 0.2) is 121 Å². The van der Waals surface area contributed by atoms with Crippen LogP contribution in [0.3, 0.4) is 0 Å². The number of aromatic hydroxyl groups is 1. The molecule has 0 unspecified atom stereocenters. The summed E-state index contributed by atoms with van der Waals surface area (Å²) in [6, 6.07) is 40.2. The second-order valence-corrected chi connectivity index (χ2v) is 19.2. The summed E-state index contributed by atoms with van der Waals surface area (Å²) in [5.41, 5.74) is 12.6. The molecule has 3 nitrogen and oxygen atoms in total. The first kappa shape index (κ1) is 32.2. The van der Waals surface area contributed by atoms with Gasteiger partial charge >= 0.3 is 0 Å². The molecule has 0 bridgehead atoms. The minimum absolute atomic E-state index is 0.219. The molecule has 0 saturated carbocycles. The lowest BCUT2D eigenvalue weighted by atomic mass is 9.84. The van der Waals surface area contributed by atoms with Crippen LogP contribution in [0.1, 0.15) is 50.7 Å². The molecule has 0 spiro atoms. The van der Waals surface area contributed by atoms with Gasteiger partial charge in [0.05, 0.1) is 25.2 Å². The van der Waals surface area contributed by atoms with Crippen molar-refractivity contribution in [3.8, 4) is 61.8 Å². The number of nitrogens with zero attached hydrogens (tertiary/aromatic N) is 2. The van der Waals surface area contributed by atoms with Crippen LogP contribution in [0, 0.1) is 0 Å². The molecular formula is C43H44N2OSi. The van der Waals surface area contributed by atoms with E-state index in [4.69, 9.17) is 9.97 Å². The van der Waals surface area contributed by atoms with Crippen LogP contribution in [0.5, 0.6) is 5.75 Å². The molecule has 2 aromatic heterocycles. The van der Waals surface area contributed by atoms with Gasteiger partial charge in [-0.2, -0.15) is 0 Å². The monoisotopic (exact) mass is 632 g/mol. The van der Waals surface area contributed by atoms with E-state index in [2.05, 4.69) is 138 Å². The van der Waals surface area contributed by atoms with E-state index >= 15 is 0 Å². The summed E-state index contributed by atoms with van der Waals surface area (Å²) in [5, 5.41) is 12.3. The maximum atomic E-state index is 10.9. The van der Waals surface area contributed by atoms with Gasteiger partial charge in [-0.05, 0) is 87.7 Å². The molecule has 0 saturated heterocycles. The third-order valence-corrected chi connectivity index (χ3v) is 11.0. The summed E-state index contributed by atoms with van der Waals surface area (Å²) in [6.45, 7) is 16.1. The maximum absolute atomic E-state index is 10.9. The summed E-state index contributed by atoms with van der Waals surface area (Å²) in [5.74, 6) is 0.918. The summed E-state index contributed by atoms with van der Waals surface area (Å²) in [4.78, 5) is 9.94. The van der Waals surface area contributed by atoms with Crippen molar-refractivity contribution in [3.05, 3.63) is 133 Å². The Balaban J connectivity index is 1.48. The first-order valence-electron chi connectivity index (χ1n) is 16.6. The van der Waals surface area contributed by atoms with Crippen molar-refractivity contribution in [2.45, 2.75) is 59.2 Å². The van der Waals surface area contributed by atoms with E-state index in [1.54, 1.807) is 6.07 Å².